The van der Waals surface area contributed by atoms with E-state index in [-0.39, 0.29) is 0 Å². The largest absolute Gasteiger partial charge is 0.367 e. The number of hydrogen-bond acceptors (Lipinski definition) is 3. The van der Waals surface area contributed by atoms with Gasteiger partial charge >= 0.3 is 0 Å². The third-order valence-electron chi connectivity index (χ3n) is 3.57. The summed E-state index contributed by atoms with van der Waals surface area (Å²) in [5.74, 6) is 2.89. The van der Waals surface area contributed by atoms with Crippen molar-refractivity contribution in [2.24, 2.45) is 11.8 Å². The quantitative estimate of drug-likeness (QED) is 0.800. The lowest BCUT2D eigenvalue weighted by Gasteiger charge is -2.12. The maximum absolute atomic E-state index is 5.69. The number of anilines is 1. The smallest absolute Gasteiger partial charge is 0.225 e. The maximum atomic E-state index is 5.69. The Morgan fingerprint density at radius 1 is 1.29 bits per heavy atom. The van der Waals surface area contributed by atoms with Crippen LogP contribution in [0.5, 0.6) is 0 Å². The third-order valence-corrected chi connectivity index (χ3v) is 3.57. The predicted molar refractivity (Wildman–Crippen MR) is 53.8 cm³/mol. The third kappa shape index (κ3) is 1.22. The zero-order chi connectivity index (χ0) is 9.71. The molecule has 3 rings (SSSR count). The Morgan fingerprint density at radius 2 is 1.86 bits per heavy atom. The van der Waals surface area contributed by atoms with E-state index in [4.69, 9.17) is 10.3 Å². The first-order chi connectivity index (χ1) is 6.77. The Balaban J connectivity index is 1.93. The van der Waals surface area contributed by atoms with E-state index < -0.39 is 0 Å². The van der Waals surface area contributed by atoms with Gasteiger partial charge in [0.1, 0.15) is 0 Å². The Labute approximate surface area is 83.6 Å². The minimum atomic E-state index is 0.506. The molecule has 1 heterocycles. The van der Waals surface area contributed by atoms with Gasteiger partial charge in [-0.3, -0.25) is 0 Å². The molecule has 3 nitrogen and oxygen atoms in total. The van der Waals surface area contributed by atoms with Gasteiger partial charge in [0.25, 0.3) is 0 Å². The van der Waals surface area contributed by atoms with Crippen LogP contribution in [0.1, 0.15) is 42.9 Å². The summed E-state index contributed by atoms with van der Waals surface area (Å²) in [6, 6.07) is 0. The van der Waals surface area contributed by atoms with Crippen LogP contribution in [-0.4, -0.2) is 5.16 Å². The van der Waals surface area contributed by atoms with Crippen LogP contribution in [0, 0.1) is 18.8 Å². The lowest BCUT2D eigenvalue weighted by molar-refractivity contribution is 0.404. The summed E-state index contributed by atoms with van der Waals surface area (Å²) in [6.45, 7) is 2.03. The van der Waals surface area contributed by atoms with E-state index in [2.05, 4.69) is 5.16 Å². The molecule has 0 unspecified atom stereocenters. The van der Waals surface area contributed by atoms with E-state index in [1.54, 1.807) is 0 Å². The standard InChI is InChI=1S/C11H16N2O/c1-6-10(13-14-11(6)12)9(7-2-3-7)8-4-5-8/h7-9H,2-5,12H2,1H3. The summed E-state index contributed by atoms with van der Waals surface area (Å²) in [4.78, 5) is 0. The zero-order valence-corrected chi connectivity index (χ0v) is 8.49. The molecule has 2 N–H and O–H groups in total. The van der Waals surface area contributed by atoms with Crippen molar-refractivity contribution in [2.45, 2.75) is 38.5 Å². The van der Waals surface area contributed by atoms with Crippen molar-refractivity contribution >= 4 is 5.88 Å². The predicted octanol–water partition coefficient (Wildman–Crippen LogP) is 2.47. The highest BCUT2D eigenvalue weighted by atomic mass is 16.5. The topological polar surface area (TPSA) is 52.0 Å². The monoisotopic (exact) mass is 192 g/mol. The molecule has 3 heteroatoms. The van der Waals surface area contributed by atoms with E-state index in [1.807, 2.05) is 6.92 Å². The van der Waals surface area contributed by atoms with Gasteiger partial charge in [-0.15, -0.1) is 0 Å². The van der Waals surface area contributed by atoms with Crippen LogP contribution in [0.3, 0.4) is 0 Å². The molecule has 0 radical (unpaired) electrons. The lowest BCUT2D eigenvalue weighted by Crippen LogP contribution is -2.06. The summed E-state index contributed by atoms with van der Waals surface area (Å²) in [7, 11) is 0. The van der Waals surface area contributed by atoms with Crippen LogP contribution in [0.15, 0.2) is 4.52 Å². The van der Waals surface area contributed by atoms with Gasteiger partial charge in [0, 0.05) is 11.5 Å². The number of aromatic nitrogens is 1. The molecular formula is C11H16N2O. The fourth-order valence-electron chi connectivity index (χ4n) is 2.41. The van der Waals surface area contributed by atoms with Crippen molar-refractivity contribution in [2.75, 3.05) is 5.73 Å². The molecule has 1 aromatic heterocycles. The first kappa shape index (κ1) is 8.33. The van der Waals surface area contributed by atoms with Crippen LogP contribution in [0.2, 0.25) is 0 Å². The van der Waals surface area contributed by atoms with Gasteiger partial charge in [-0.1, -0.05) is 5.16 Å². The average Bonchev–Trinajstić information content (AvgIpc) is 3.02. The molecule has 14 heavy (non-hydrogen) atoms. The van der Waals surface area contributed by atoms with E-state index in [1.165, 1.54) is 25.7 Å². The molecule has 2 fully saturated rings. The first-order valence-electron chi connectivity index (χ1n) is 5.49. The van der Waals surface area contributed by atoms with Crippen LogP contribution in [0.4, 0.5) is 5.88 Å². The molecule has 0 aromatic carbocycles. The summed E-state index contributed by atoms with van der Waals surface area (Å²) in [5, 5.41) is 4.14. The van der Waals surface area contributed by atoms with Crippen LogP contribution in [-0.2, 0) is 0 Å². The van der Waals surface area contributed by atoms with E-state index in [9.17, 15) is 0 Å². The lowest BCUT2D eigenvalue weighted by atomic mass is 9.92. The van der Waals surface area contributed by atoms with E-state index in [0.29, 0.717) is 11.8 Å². The molecule has 0 saturated heterocycles. The van der Waals surface area contributed by atoms with Crippen molar-refractivity contribution in [1.29, 1.82) is 0 Å². The van der Waals surface area contributed by atoms with E-state index in [0.717, 1.165) is 23.1 Å². The van der Waals surface area contributed by atoms with E-state index >= 15 is 0 Å². The van der Waals surface area contributed by atoms with Gasteiger partial charge in [0.2, 0.25) is 5.88 Å². The molecule has 2 aliphatic carbocycles. The molecule has 2 aliphatic rings. The molecule has 0 aliphatic heterocycles. The number of nitrogens with zero attached hydrogens (tertiary/aromatic N) is 1. The van der Waals surface area contributed by atoms with Crippen molar-refractivity contribution in [3.63, 3.8) is 0 Å². The van der Waals surface area contributed by atoms with Crippen LogP contribution in [0.25, 0.3) is 0 Å². The van der Waals surface area contributed by atoms with Crippen molar-refractivity contribution in [1.82, 2.24) is 5.16 Å². The van der Waals surface area contributed by atoms with Gasteiger partial charge in [0.15, 0.2) is 0 Å². The second-order valence-electron chi connectivity index (χ2n) is 4.76. The minimum Gasteiger partial charge on any atom is -0.367 e. The molecule has 0 spiro atoms. The Kier molecular flexibility index (Phi) is 1.64. The molecule has 0 amide bonds. The summed E-state index contributed by atoms with van der Waals surface area (Å²) in [6.07, 6.45) is 5.47. The Bertz CT molecular complexity index is 338. The fraction of sp³-hybridized carbons (Fsp3) is 0.727. The van der Waals surface area contributed by atoms with Gasteiger partial charge in [0.05, 0.1) is 5.69 Å². The SMILES string of the molecule is Cc1c(C(C2CC2)C2CC2)noc1N. The summed E-state index contributed by atoms with van der Waals surface area (Å²) in [5.41, 5.74) is 7.91. The number of nitrogens with two attached hydrogens (primary N) is 1. The highest BCUT2D eigenvalue weighted by Crippen LogP contribution is 2.54. The van der Waals surface area contributed by atoms with Crippen molar-refractivity contribution < 1.29 is 4.52 Å². The van der Waals surface area contributed by atoms with Crippen LogP contribution < -0.4 is 5.73 Å². The highest BCUT2D eigenvalue weighted by Gasteiger charge is 2.44. The van der Waals surface area contributed by atoms with Crippen LogP contribution >= 0.6 is 0 Å². The molecule has 76 valence electrons. The Morgan fingerprint density at radius 3 is 2.21 bits per heavy atom. The van der Waals surface area contributed by atoms with Crippen molar-refractivity contribution in [3.8, 4) is 0 Å². The molecule has 1 aromatic rings. The van der Waals surface area contributed by atoms with Gasteiger partial charge in [-0.25, -0.2) is 0 Å². The van der Waals surface area contributed by atoms with Gasteiger partial charge in [-0.05, 0) is 44.4 Å². The second-order valence-corrected chi connectivity index (χ2v) is 4.76. The normalized spacial score (nSPS) is 21.9. The molecular weight excluding hydrogens is 176 g/mol. The summed E-state index contributed by atoms with van der Waals surface area (Å²) < 4.78 is 5.06. The second kappa shape index (κ2) is 2.75. The molecule has 0 atom stereocenters. The van der Waals surface area contributed by atoms with Gasteiger partial charge < -0.3 is 10.3 Å². The number of rotatable bonds is 3. The number of hydrogen-bond donors (Lipinski definition) is 1. The first-order valence-corrected chi connectivity index (χ1v) is 5.49. The summed E-state index contributed by atoms with van der Waals surface area (Å²) >= 11 is 0. The van der Waals surface area contributed by atoms with Crippen molar-refractivity contribution in [3.05, 3.63) is 11.3 Å². The fourth-order valence-corrected chi connectivity index (χ4v) is 2.41. The molecule has 2 saturated carbocycles. The molecule has 0 bridgehead atoms. The Hall–Kier alpha value is -0.990. The zero-order valence-electron chi connectivity index (χ0n) is 8.49. The average molecular weight is 192 g/mol. The highest BCUT2D eigenvalue weighted by molar-refractivity contribution is 5.40. The maximum Gasteiger partial charge on any atom is 0.225 e. The number of nitrogen functional groups attached to an aromatic ring is 1. The van der Waals surface area contributed by atoms with Gasteiger partial charge in [-0.2, -0.15) is 0 Å². The minimum absolute atomic E-state index is 0.506.